The van der Waals surface area contributed by atoms with Crippen LogP contribution in [0.1, 0.15) is 27.7 Å². The van der Waals surface area contributed by atoms with Crippen LogP contribution in [0.2, 0.25) is 5.02 Å². The number of rotatable bonds is 3. The molecule has 5 rings (SSSR count). The summed E-state index contributed by atoms with van der Waals surface area (Å²) in [4.78, 5) is 15.1. The number of nitrogens with one attached hydrogen (secondary N) is 1. The number of amides is 1. The molecule has 0 unspecified atom stereocenters. The monoisotopic (exact) mass is 385 g/mol. The SMILES string of the molecule is O=C1c2[nH]nc(-c3ccccc3)c2[C@H](c2ccc(Cl)cc2)N1c1ccccc1. The lowest BCUT2D eigenvalue weighted by molar-refractivity contribution is 0.0989. The molecule has 28 heavy (non-hydrogen) atoms. The van der Waals surface area contributed by atoms with Crippen molar-refractivity contribution in [3.63, 3.8) is 0 Å². The van der Waals surface area contributed by atoms with Crippen LogP contribution in [0.3, 0.4) is 0 Å². The van der Waals surface area contributed by atoms with E-state index in [-0.39, 0.29) is 11.9 Å². The summed E-state index contributed by atoms with van der Waals surface area (Å²) in [5.41, 5.74) is 5.02. The zero-order valence-corrected chi connectivity index (χ0v) is 15.6. The van der Waals surface area contributed by atoms with Crippen molar-refractivity contribution in [1.82, 2.24) is 10.2 Å². The van der Waals surface area contributed by atoms with Gasteiger partial charge in [-0.25, -0.2) is 0 Å². The minimum atomic E-state index is -0.281. The van der Waals surface area contributed by atoms with Gasteiger partial charge in [0.15, 0.2) is 0 Å². The van der Waals surface area contributed by atoms with Gasteiger partial charge in [-0.15, -0.1) is 0 Å². The third kappa shape index (κ3) is 2.62. The average Bonchev–Trinajstić information content (AvgIpc) is 3.29. The molecule has 1 aromatic heterocycles. The Labute approximate surface area is 167 Å². The summed E-state index contributed by atoms with van der Waals surface area (Å²) in [5.74, 6) is -0.0872. The predicted octanol–water partition coefficient (Wildman–Crippen LogP) is 5.48. The average molecular weight is 386 g/mol. The fourth-order valence-corrected chi connectivity index (χ4v) is 3.90. The Morgan fingerprint density at radius 1 is 0.857 bits per heavy atom. The summed E-state index contributed by atoms with van der Waals surface area (Å²) < 4.78 is 0. The second kappa shape index (κ2) is 6.66. The number of anilines is 1. The number of benzene rings is 3. The molecule has 4 aromatic rings. The molecular weight excluding hydrogens is 370 g/mol. The zero-order valence-electron chi connectivity index (χ0n) is 14.8. The minimum absolute atomic E-state index is 0.0872. The number of carbonyl (C=O) groups excluding carboxylic acids is 1. The second-order valence-corrected chi connectivity index (χ2v) is 7.13. The number of hydrogen-bond donors (Lipinski definition) is 1. The van der Waals surface area contributed by atoms with Crippen molar-refractivity contribution in [2.45, 2.75) is 6.04 Å². The lowest BCUT2D eigenvalue weighted by atomic mass is 9.96. The van der Waals surface area contributed by atoms with E-state index in [0.717, 1.165) is 28.1 Å². The quantitative estimate of drug-likeness (QED) is 0.507. The highest BCUT2D eigenvalue weighted by Crippen LogP contribution is 2.44. The van der Waals surface area contributed by atoms with Crippen molar-refractivity contribution in [2.24, 2.45) is 0 Å². The molecule has 0 saturated heterocycles. The summed E-state index contributed by atoms with van der Waals surface area (Å²) in [6, 6.07) is 27.0. The number of para-hydroxylation sites is 1. The molecule has 1 aliphatic heterocycles. The van der Waals surface area contributed by atoms with Gasteiger partial charge in [-0.05, 0) is 29.8 Å². The zero-order chi connectivity index (χ0) is 19.1. The lowest BCUT2D eigenvalue weighted by Crippen LogP contribution is -2.29. The first-order valence-electron chi connectivity index (χ1n) is 9.02. The van der Waals surface area contributed by atoms with Gasteiger partial charge in [-0.2, -0.15) is 5.10 Å². The predicted molar refractivity (Wildman–Crippen MR) is 111 cm³/mol. The normalized spacial score (nSPS) is 15.7. The fraction of sp³-hybridized carbons (Fsp3) is 0.0435. The maximum absolute atomic E-state index is 13.3. The topological polar surface area (TPSA) is 49.0 Å². The summed E-state index contributed by atoms with van der Waals surface area (Å²) in [5, 5.41) is 8.12. The molecule has 2 heterocycles. The van der Waals surface area contributed by atoms with E-state index < -0.39 is 0 Å². The largest absolute Gasteiger partial charge is 0.295 e. The molecule has 0 saturated carbocycles. The van der Waals surface area contributed by atoms with Crippen LogP contribution in [0.25, 0.3) is 11.3 Å². The molecule has 1 atom stereocenters. The number of aromatic amines is 1. The number of H-pyrrole nitrogens is 1. The van der Waals surface area contributed by atoms with Gasteiger partial charge >= 0.3 is 0 Å². The summed E-state index contributed by atoms with van der Waals surface area (Å²) in [6.45, 7) is 0. The molecule has 1 N–H and O–H groups in total. The summed E-state index contributed by atoms with van der Waals surface area (Å²) >= 11 is 6.11. The molecule has 1 amide bonds. The number of nitrogens with zero attached hydrogens (tertiary/aromatic N) is 2. The van der Waals surface area contributed by atoms with Gasteiger partial charge in [-0.3, -0.25) is 14.8 Å². The molecule has 0 fully saturated rings. The highest BCUT2D eigenvalue weighted by molar-refractivity contribution is 6.30. The van der Waals surface area contributed by atoms with Crippen LogP contribution in [0.5, 0.6) is 0 Å². The number of fused-ring (bicyclic) bond motifs is 1. The van der Waals surface area contributed by atoms with Crippen LogP contribution < -0.4 is 4.90 Å². The van der Waals surface area contributed by atoms with E-state index in [9.17, 15) is 4.79 Å². The fourth-order valence-electron chi connectivity index (χ4n) is 3.78. The van der Waals surface area contributed by atoms with Crippen molar-refractivity contribution in [3.8, 4) is 11.3 Å². The second-order valence-electron chi connectivity index (χ2n) is 6.69. The highest BCUT2D eigenvalue weighted by Gasteiger charge is 2.42. The van der Waals surface area contributed by atoms with E-state index in [2.05, 4.69) is 10.2 Å². The number of hydrogen-bond acceptors (Lipinski definition) is 2. The molecule has 0 radical (unpaired) electrons. The number of carbonyl (C=O) groups is 1. The molecule has 1 aliphatic rings. The van der Waals surface area contributed by atoms with Crippen LogP contribution in [-0.4, -0.2) is 16.1 Å². The Morgan fingerprint density at radius 2 is 1.50 bits per heavy atom. The van der Waals surface area contributed by atoms with E-state index in [0.29, 0.717) is 10.7 Å². The van der Waals surface area contributed by atoms with Gasteiger partial charge in [-0.1, -0.05) is 72.3 Å². The minimum Gasteiger partial charge on any atom is -0.295 e. The van der Waals surface area contributed by atoms with Crippen molar-refractivity contribution in [2.75, 3.05) is 4.90 Å². The van der Waals surface area contributed by atoms with E-state index in [1.807, 2.05) is 89.8 Å². The molecular formula is C23H16ClN3O. The van der Waals surface area contributed by atoms with Gasteiger partial charge in [0.25, 0.3) is 5.91 Å². The maximum Gasteiger partial charge on any atom is 0.277 e. The molecule has 5 heteroatoms. The van der Waals surface area contributed by atoms with E-state index >= 15 is 0 Å². The lowest BCUT2D eigenvalue weighted by Gasteiger charge is -2.26. The van der Waals surface area contributed by atoms with Crippen molar-refractivity contribution in [1.29, 1.82) is 0 Å². The Kier molecular flexibility index (Phi) is 3.99. The van der Waals surface area contributed by atoms with Crippen molar-refractivity contribution < 1.29 is 4.79 Å². The third-order valence-electron chi connectivity index (χ3n) is 5.04. The Hall–Kier alpha value is -3.37. The Bertz CT molecular complexity index is 1140. The summed E-state index contributed by atoms with van der Waals surface area (Å²) in [6.07, 6.45) is 0. The standard InChI is InChI=1S/C23H16ClN3O/c24-17-13-11-16(12-14-17)22-19-20(15-7-3-1-4-8-15)25-26-21(19)23(28)27(22)18-9-5-2-6-10-18/h1-14,22H,(H,25,26)/t22-/m0/s1. The molecule has 0 spiro atoms. The van der Waals surface area contributed by atoms with Crippen LogP contribution >= 0.6 is 11.6 Å². The number of halogens is 1. The van der Waals surface area contributed by atoms with Crippen LogP contribution in [0.4, 0.5) is 5.69 Å². The third-order valence-corrected chi connectivity index (χ3v) is 5.29. The molecule has 136 valence electrons. The van der Waals surface area contributed by atoms with Crippen LogP contribution in [0, 0.1) is 0 Å². The van der Waals surface area contributed by atoms with Crippen molar-refractivity contribution in [3.05, 3.63) is 107 Å². The van der Waals surface area contributed by atoms with Crippen LogP contribution in [0.15, 0.2) is 84.9 Å². The molecule has 0 bridgehead atoms. The van der Waals surface area contributed by atoms with Gasteiger partial charge in [0.1, 0.15) is 5.69 Å². The first-order chi connectivity index (χ1) is 13.7. The van der Waals surface area contributed by atoms with Gasteiger partial charge in [0.2, 0.25) is 0 Å². The first kappa shape index (κ1) is 16.8. The Balaban J connectivity index is 1.73. The van der Waals surface area contributed by atoms with Gasteiger partial charge in [0, 0.05) is 21.8 Å². The molecule has 3 aromatic carbocycles. The van der Waals surface area contributed by atoms with E-state index in [1.165, 1.54) is 0 Å². The van der Waals surface area contributed by atoms with Gasteiger partial charge < -0.3 is 0 Å². The van der Waals surface area contributed by atoms with Crippen LogP contribution in [-0.2, 0) is 0 Å². The summed E-state index contributed by atoms with van der Waals surface area (Å²) in [7, 11) is 0. The Morgan fingerprint density at radius 3 is 2.18 bits per heavy atom. The van der Waals surface area contributed by atoms with E-state index in [4.69, 9.17) is 11.6 Å². The maximum atomic E-state index is 13.3. The smallest absolute Gasteiger partial charge is 0.277 e. The first-order valence-corrected chi connectivity index (χ1v) is 9.39. The number of aromatic nitrogens is 2. The van der Waals surface area contributed by atoms with Gasteiger partial charge in [0.05, 0.1) is 11.7 Å². The highest BCUT2D eigenvalue weighted by atomic mass is 35.5. The van der Waals surface area contributed by atoms with E-state index in [1.54, 1.807) is 0 Å². The van der Waals surface area contributed by atoms with Crippen molar-refractivity contribution >= 4 is 23.2 Å². The molecule has 4 nitrogen and oxygen atoms in total. The molecule has 0 aliphatic carbocycles.